The zero-order valence-corrected chi connectivity index (χ0v) is 23.1. The van der Waals surface area contributed by atoms with Crippen molar-refractivity contribution in [3.8, 4) is 5.75 Å². The second-order valence-electron chi connectivity index (χ2n) is 10.3. The summed E-state index contributed by atoms with van der Waals surface area (Å²) in [5.74, 6) is -0.793. The minimum atomic E-state index is -0.659. The van der Waals surface area contributed by atoms with Crippen molar-refractivity contribution in [2.75, 3.05) is 29.2 Å². The highest BCUT2D eigenvalue weighted by Crippen LogP contribution is 2.31. The number of halogens is 2. The molecule has 1 fully saturated rings. The minimum Gasteiger partial charge on any atom is -0.489 e. The fourth-order valence-corrected chi connectivity index (χ4v) is 3.77. The number of nitrogens with one attached hydrogen (secondary N) is 3. The number of amides is 1. The average molecular weight is 560 g/mol. The number of carbonyl (C=O) groups excluding carboxylic acids is 1. The molecular formula is C27H31ClFN5O5. The molecule has 4 rings (SSSR count). The predicted molar refractivity (Wildman–Crippen MR) is 147 cm³/mol. The molecule has 3 N–H and O–H groups in total. The van der Waals surface area contributed by atoms with E-state index in [9.17, 15) is 9.18 Å². The smallest absolute Gasteiger partial charge is 0.412 e. The Bertz CT molecular complexity index is 1330. The molecule has 0 saturated carbocycles. The van der Waals surface area contributed by atoms with E-state index in [-0.39, 0.29) is 24.5 Å². The number of benzene rings is 2. The monoisotopic (exact) mass is 559 g/mol. The van der Waals surface area contributed by atoms with Gasteiger partial charge in [-0.3, -0.25) is 5.32 Å². The molecule has 1 aliphatic heterocycles. The van der Waals surface area contributed by atoms with Crippen LogP contribution >= 0.6 is 11.6 Å². The number of hydrogen-bond acceptors (Lipinski definition) is 9. The molecule has 0 radical (unpaired) electrons. The van der Waals surface area contributed by atoms with Gasteiger partial charge in [0.2, 0.25) is 5.95 Å². The van der Waals surface area contributed by atoms with Crippen molar-refractivity contribution >= 4 is 46.5 Å². The van der Waals surface area contributed by atoms with Crippen LogP contribution in [0.1, 0.15) is 34.6 Å². The van der Waals surface area contributed by atoms with E-state index in [1.54, 1.807) is 63.2 Å². The maximum Gasteiger partial charge on any atom is 0.412 e. The molecule has 39 heavy (non-hydrogen) atoms. The number of aromatic nitrogens is 2. The van der Waals surface area contributed by atoms with Gasteiger partial charge in [0.25, 0.3) is 0 Å². The van der Waals surface area contributed by atoms with Gasteiger partial charge in [-0.05, 0) is 65.0 Å². The Morgan fingerprint density at radius 3 is 2.62 bits per heavy atom. The Morgan fingerprint density at radius 1 is 1.15 bits per heavy atom. The Kier molecular flexibility index (Phi) is 8.43. The standard InChI is InChI=1S/C27H31ClFN5O5/c1-26(2,3)39-25(35)33-17-8-6-7-16(11-17)31-23-21(29)13-30-24(34-23)32-18-9-10-20(28)22(12-18)36-14-19-15-37-27(4,5)38-19/h6-13,19H,14-15H2,1-5H3,(H,33,35)(H2,30,31,32,34). The van der Waals surface area contributed by atoms with Gasteiger partial charge in [-0.2, -0.15) is 4.98 Å². The molecule has 1 aromatic heterocycles. The first-order valence-electron chi connectivity index (χ1n) is 12.3. The maximum absolute atomic E-state index is 14.5. The number of anilines is 5. The third-order valence-corrected chi connectivity index (χ3v) is 5.51. The largest absolute Gasteiger partial charge is 0.489 e. The van der Waals surface area contributed by atoms with E-state index in [1.165, 1.54) is 0 Å². The van der Waals surface area contributed by atoms with Crippen LogP contribution in [-0.2, 0) is 14.2 Å². The summed E-state index contributed by atoms with van der Waals surface area (Å²) in [5, 5.41) is 9.00. The van der Waals surface area contributed by atoms with Gasteiger partial charge in [0, 0.05) is 23.1 Å². The summed E-state index contributed by atoms with van der Waals surface area (Å²) in [5.41, 5.74) is 0.907. The Morgan fingerprint density at radius 2 is 1.90 bits per heavy atom. The van der Waals surface area contributed by atoms with Crippen molar-refractivity contribution in [3.05, 3.63) is 59.5 Å². The first-order valence-corrected chi connectivity index (χ1v) is 12.6. The van der Waals surface area contributed by atoms with Crippen LogP contribution in [0.15, 0.2) is 48.7 Å². The van der Waals surface area contributed by atoms with Gasteiger partial charge in [-0.15, -0.1) is 0 Å². The van der Waals surface area contributed by atoms with Crippen molar-refractivity contribution in [3.63, 3.8) is 0 Å². The first-order chi connectivity index (χ1) is 18.3. The fourth-order valence-electron chi connectivity index (χ4n) is 3.60. The Hall–Kier alpha value is -3.67. The second kappa shape index (κ2) is 11.6. The van der Waals surface area contributed by atoms with Crippen LogP contribution in [0.25, 0.3) is 0 Å². The van der Waals surface area contributed by atoms with Crippen LogP contribution in [0.4, 0.5) is 38.0 Å². The van der Waals surface area contributed by atoms with E-state index in [2.05, 4.69) is 25.9 Å². The van der Waals surface area contributed by atoms with Crippen LogP contribution in [0, 0.1) is 5.82 Å². The van der Waals surface area contributed by atoms with Gasteiger partial charge < -0.3 is 29.6 Å². The van der Waals surface area contributed by atoms with E-state index < -0.39 is 23.3 Å². The predicted octanol–water partition coefficient (Wildman–Crippen LogP) is 6.63. The first kappa shape index (κ1) is 28.3. The SMILES string of the molecule is CC(C)(C)OC(=O)Nc1cccc(Nc2nc(Nc3ccc(Cl)c(OCC4COC(C)(C)O4)c3)ncc2F)c1. The van der Waals surface area contributed by atoms with Crippen molar-refractivity contribution in [2.24, 2.45) is 0 Å². The molecule has 3 aromatic rings. The fraction of sp³-hybridized carbons (Fsp3) is 0.370. The lowest BCUT2D eigenvalue weighted by Gasteiger charge is -2.19. The summed E-state index contributed by atoms with van der Waals surface area (Å²) in [6.45, 7) is 9.67. The molecule has 208 valence electrons. The lowest BCUT2D eigenvalue weighted by atomic mass is 10.2. The molecule has 1 aliphatic rings. The van der Waals surface area contributed by atoms with Crippen LogP contribution in [0.2, 0.25) is 5.02 Å². The van der Waals surface area contributed by atoms with Crippen molar-refractivity contribution in [1.29, 1.82) is 0 Å². The molecule has 0 bridgehead atoms. The Labute approximate surface area is 231 Å². The van der Waals surface area contributed by atoms with Gasteiger partial charge in [0.15, 0.2) is 17.4 Å². The van der Waals surface area contributed by atoms with Gasteiger partial charge in [0.05, 0.1) is 17.8 Å². The number of carbonyl (C=O) groups is 1. The molecule has 10 nitrogen and oxygen atoms in total. The zero-order valence-electron chi connectivity index (χ0n) is 22.3. The number of ether oxygens (including phenoxy) is 4. The van der Waals surface area contributed by atoms with Crippen LogP contribution in [0.5, 0.6) is 5.75 Å². The summed E-state index contributed by atoms with van der Waals surface area (Å²) >= 11 is 6.30. The number of hydrogen-bond donors (Lipinski definition) is 3. The van der Waals surface area contributed by atoms with Crippen molar-refractivity contribution in [1.82, 2.24) is 9.97 Å². The third-order valence-electron chi connectivity index (χ3n) is 5.19. The highest BCUT2D eigenvalue weighted by atomic mass is 35.5. The van der Waals surface area contributed by atoms with E-state index in [1.807, 2.05) is 13.8 Å². The molecular weight excluding hydrogens is 529 g/mol. The summed E-state index contributed by atoms with van der Waals surface area (Å²) in [6.07, 6.45) is 0.227. The van der Waals surface area contributed by atoms with E-state index in [0.717, 1.165) is 6.20 Å². The van der Waals surface area contributed by atoms with Crippen molar-refractivity contribution < 1.29 is 28.1 Å². The third kappa shape index (κ3) is 8.41. The zero-order chi connectivity index (χ0) is 28.2. The van der Waals surface area contributed by atoms with Crippen LogP contribution in [-0.4, -0.2) is 46.8 Å². The van der Waals surface area contributed by atoms with Gasteiger partial charge in [0.1, 0.15) is 24.1 Å². The molecule has 1 unspecified atom stereocenters. The lowest BCUT2D eigenvalue weighted by molar-refractivity contribution is -0.141. The van der Waals surface area contributed by atoms with E-state index >= 15 is 0 Å². The summed E-state index contributed by atoms with van der Waals surface area (Å²) in [7, 11) is 0. The topological polar surface area (TPSA) is 116 Å². The summed E-state index contributed by atoms with van der Waals surface area (Å²) in [6, 6.07) is 11.8. The summed E-state index contributed by atoms with van der Waals surface area (Å²) < 4.78 is 37.0. The second-order valence-corrected chi connectivity index (χ2v) is 10.7. The Balaban J connectivity index is 1.42. The molecule has 2 aromatic carbocycles. The van der Waals surface area contributed by atoms with Gasteiger partial charge >= 0.3 is 6.09 Å². The normalized spacial score (nSPS) is 16.4. The maximum atomic E-state index is 14.5. The number of rotatable bonds is 8. The van der Waals surface area contributed by atoms with E-state index in [0.29, 0.717) is 34.4 Å². The van der Waals surface area contributed by atoms with Gasteiger partial charge in [-0.1, -0.05) is 17.7 Å². The quantitative estimate of drug-likeness (QED) is 0.279. The molecule has 1 amide bonds. The highest BCUT2D eigenvalue weighted by molar-refractivity contribution is 6.32. The van der Waals surface area contributed by atoms with Gasteiger partial charge in [-0.25, -0.2) is 14.2 Å². The van der Waals surface area contributed by atoms with Crippen LogP contribution in [0.3, 0.4) is 0 Å². The average Bonchev–Trinajstić information content (AvgIpc) is 3.19. The molecule has 0 spiro atoms. The molecule has 12 heteroatoms. The molecule has 1 atom stereocenters. The highest BCUT2D eigenvalue weighted by Gasteiger charge is 2.33. The lowest BCUT2D eigenvalue weighted by Crippen LogP contribution is -2.27. The van der Waals surface area contributed by atoms with E-state index in [4.69, 9.17) is 30.5 Å². The summed E-state index contributed by atoms with van der Waals surface area (Å²) in [4.78, 5) is 20.3. The molecule has 0 aliphatic carbocycles. The molecule has 2 heterocycles. The number of nitrogens with zero attached hydrogens (tertiary/aromatic N) is 2. The minimum absolute atomic E-state index is 0.0617. The van der Waals surface area contributed by atoms with Crippen LogP contribution < -0.4 is 20.7 Å². The van der Waals surface area contributed by atoms with Crippen molar-refractivity contribution in [2.45, 2.75) is 52.1 Å². The molecule has 1 saturated heterocycles.